The van der Waals surface area contributed by atoms with E-state index in [-0.39, 0.29) is 10.8 Å². The summed E-state index contributed by atoms with van der Waals surface area (Å²) in [6.45, 7) is 23.9. The molecular weight excluding hydrogens is 442 g/mol. The lowest BCUT2D eigenvalue weighted by Crippen LogP contribution is -2.33. The zero-order valence-corrected chi connectivity index (χ0v) is 24.1. The molecule has 2 nitrogen and oxygen atoms in total. The maximum Gasteiger partial charge on any atom is 0.373 e. The first-order chi connectivity index (χ1) is 15.6. The van der Waals surface area contributed by atoms with Crippen LogP contribution in [0.2, 0.25) is 0 Å². The van der Waals surface area contributed by atoms with Gasteiger partial charge in [0, 0.05) is 0 Å². The van der Waals surface area contributed by atoms with Crippen molar-refractivity contribution in [2.45, 2.75) is 117 Å². The van der Waals surface area contributed by atoms with Crippen LogP contribution in [0.25, 0.3) is 0 Å². The highest BCUT2D eigenvalue weighted by atomic mass is 31.2. The van der Waals surface area contributed by atoms with Gasteiger partial charge >= 0.3 is 8.69 Å². The van der Waals surface area contributed by atoms with Crippen molar-refractivity contribution in [2.24, 2.45) is 0 Å². The van der Waals surface area contributed by atoms with Crippen LogP contribution >= 0.6 is 8.69 Å². The van der Waals surface area contributed by atoms with Gasteiger partial charge in [0.05, 0.1) is 0 Å². The first-order valence-corrected chi connectivity index (χ1v) is 13.8. The molecule has 34 heavy (non-hydrogen) atoms. The molecule has 0 aliphatic carbocycles. The highest BCUT2D eigenvalue weighted by Crippen LogP contribution is 2.51. The Balaban J connectivity index is 2.92. The summed E-state index contributed by atoms with van der Waals surface area (Å²) in [5, 5.41) is 0. The summed E-state index contributed by atoms with van der Waals surface area (Å²) >= 11 is 0. The summed E-state index contributed by atoms with van der Waals surface area (Å²) < 4.78 is 20.2. The molecule has 0 saturated carbocycles. The molecule has 3 unspecified atom stereocenters. The van der Waals surface area contributed by atoms with E-state index in [4.69, 9.17) is 4.52 Å². The van der Waals surface area contributed by atoms with Gasteiger partial charge < -0.3 is 4.89 Å². The van der Waals surface area contributed by atoms with Gasteiger partial charge in [-0.15, -0.1) is 0 Å². The van der Waals surface area contributed by atoms with Gasteiger partial charge in [-0.2, -0.15) is 4.20 Å². The van der Waals surface area contributed by atoms with Gasteiger partial charge in [-0.25, -0.2) is 0 Å². The van der Waals surface area contributed by atoms with E-state index in [0.29, 0.717) is 11.8 Å². The molecule has 0 saturated heterocycles. The van der Waals surface area contributed by atoms with Crippen molar-refractivity contribution in [3.63, 3.8) is 0 Å². The number of hydrogen-bond acceptors (Lipinski definition) is 2. The smallest absolute Gasteiger partial charge is 0.325 e. The van der Waals surface area contributed by atoms with Crippen LogP contribution in [-0.4, -0.2) is 4.89 Å². The molecule has 0 fully saturated rings. The Labute approximate surface area is 209 Å². The second-order valence-electron chi connectivity index (χ2n) is 12.1. The van der Waals surface area contributed by atoms with Crippen molar-refractivity contribution in [3.8, 4) is 0 Å². The summed E-state index contributed by atoms with van der Waals surface area (Å²) in [4.78, 5) is 9.94. The van der Waals surface area contributed by atoms with Crippen LogP contribution in [0.5, 0.6) is 0 Å². The van der Waals surface area contributed by atoms with E-state index in [0.717, 1.165) is 35.1 Å². The molecule has 2 rings (SSSR count). The zero-order valence-electron chi connectivity index (χ0n) is 23.2. The molecule has 0 aliphatic rings. The van der Waals surface area contributed by atoms with Gasteiger partial charge in [0.25, 0.3) is 0 Å². The van der Waals surface area contributed by atoms with E-state index in [2.05, 4.69) is 106 Å². The first kappa shape index (κ1) is 29.0. The van der Waals surface area contributed by atoms with Crippen LogP contribution < -0.4 is 0 Å². The van der Waals surface area contributed by atoms with Crippen molar-refractivity contribution < 1.29 is 13.6 Å². The monoisotopic (exact) mass is 488 g/mol. The minimum atomic E-state index is -3.08. The molecule has 190 valence electrons. The largest absolute Gasteiger partial charge is 0.373 e. The average Bonchev–Trinajstić information content (AvgIpc) is 2.75. The number of hydrogen-bond donors (Lipinski definition) is 1. The lowest BCUT2D eigenvalue weighted by Gasteiger charge is -2.39. The fourth-order valence-corrected chi connectivity index (χ4v) is 5.17. The Kier molecular flexibility index (Phi) is 9.17. The molecule has 4 heteroatoms. The lowest BCUT2D eigenvalue weighted by molar-refractivity contribution is 0.117. The van der Waals surface area contributed by atoms with E-state index >= 15 is 0 Å². The first-order valence-electron chi connectivity index (χ1n) is 12.7. The molecule has 0 heterocycles. The van der Waals surface area contributed by atoms with Gasteiger partial charge in [0.2, 0.25) is 0 Å². The molecule has 2 aromatic rings. The third kappa shape index (κ3) is 6.28. The van der Waals surface area contributed by atoms with Crippen LogP contribution in [0.1, 0.15) is 134 Å². The van der Waals surface area contributed by atoms with E-state index in [1.165, 1.54) is 11.1 Å². The average molecular weight is 489 g/mol. The van der Waals surface area contributed by atoms with Gasteiger partial charge in [-0.3, -0.25) is 4.52 Å². The normalized spacial score (nSPS) is 17.2. The van der Waals surface area contributed by atoms with Crippen molar-refractivity contribution in [1.82, 2.24) is 0 Å². The Bertz CT molecular complexity index is 897. The maximum atomic E-state index is 14.3. The molecule has 1 N–H and O–H groups in total. The number of rotatable bonds is 8. The van der Waals surface area contributed by atoms with Crippen LogP contribution in [0.4, 0.5) is 4.20 Å². The zero-order chi connectivity index (χ0) is 26.1. The lowest BCUT2D eigenvalue weighted by atomic mass is 9.71. The summed E-state index contributed by atoms with van der Waals surface area (Å²) in [6.07, 6.45) is 2.10. The molecule has 0 spiro atoms. The standard InChI is InChI=1S/C30H46FO2P/c1-12-20(3)22-14-16-24(26(18-22)28(5,6)7)30(11,33-34(31)32)25-17-15-23(21(4)13-2)19-27(25)29(8,9)10/h14-21,32H,12-13H2,1-11H3. The van der Waals surface area contributed by atoms with E-state index in [1.807, 2.05) is 6.92 Å². The van der Waals surface area contributed by atoms with Crippen molar-refractivity contribution in [3.05, 3.63) is 69.8 Å². The third-order valence-corrected chi connectivity index (χ3v) is 7.87. The Hall–Kier alpha value is -1.28. The summed E-state index contributed by atoms with van der Waals surface area (Å²) in [5.41, 5.74) is 5.10. The van der Waals surface area contributed by atoms with Gasteiger partial charge in [-0.1, -0.05) is 106 Å². The summed E-state index contributed by atoms with van der Waals surface area (Å²) in [7, 11) is -3.08. The second kappa shape index (κ2) is 10.8. The minimum absolute atomic E-state index is 0.184. The molecular formula is C30H46FO2P. The molecule has 0 radical (unpaired) electrons. The van der Waals surface area contributed by atoms with E-state index in [9.17, 15) is 9.09 Å². The van der Waals surface area contributed by atoms with Crippen LogP contribution in [-0.2, 0) is 21.0 Å². The third-order valence-electron chi connectivity index (χ3n) is 7.35. The molecule has 3 atom stereocenters. The number of benzene rings is 2. The van der Waals surface area contributed by atoms with E-state index in [1.54, 1.807) is 0 Å². The van der Waals surface area contributed by atoms with Crippen molar-refractivity contribution in [2.75, 3.05) is 0 Å². The highest BCUT2D eigenvalue weighted by molar-refractivity contribution is 7.40. The minimum Gasteiger partial charge on any atom is -0.325 e. The van der Waals surface area contributed by atoms with E-state index < -0.39 is 14.3 Å². The highest BCUT2D eigenvalue weighted by Gasteiger charge is 2.41. The predicted octanol–water partition coefficient (Wildman–Crippen LogP) is 9.78. The van der Waals surface area contributed by atoms with Gasteiger partial charge in [-0.05, 0) is 75.8 Å². The van der Waals surface area contributed by atoms with Gasteiger partial charge in [0.15, 0.2) is 0 Å². The SMILES string of the molecule is CCC(C)c1ccc(C(C)(OP(O)F)c2ccc(C(C)CC)cc2C(C)(C)C)c(C(C)(C)C)c1. The molecule has 0 amide bonds. The maximum absolute atomic E-state index is 14.3. The summed E-state index contributed by atoms with van der Waals surface area (Å²) in [5.74, 6) is 0.858. The molecule has 2 aromatic carbocycles. The molecule has 0 aliphatic heterocycles. The van der Waals surface area contributed by atoms with Crippen molar-refractivity contribution >= 4 is 8.69 Å². The topological polar surface area (TPSA) is 29.5 Å². The fraction of sp³-hybridized carbons (Fsp3) is 0.600. The predicted molar refractivity (Wildman–Crippen MR) is 145 cm³/mol. The molecule has 0 aromatic heterocycles. The molecule has 0 bridgehead atoms. The number of halogens is 1. The Morgan fingerprint density at radius 3 is 1.35 bits per heavy atom. The Morgan fingerprint density at radius 2 is 1.09 bits per heavy atom. The van der Waals surface area contributed by atoms with Crippen LogP contribution in [0, 0.1) is 0 Å². The quantitative estimate of drug-likeness (QED) is 0.375. The Morgan fingerprint density at radius 1 is 0.735 bits per heavy atom. The van der Waals surface area contributed by atoms with Crippen LogP contribution in [0.3, 0.4) is 0 Å². The summed E-state index contributed by atoms with van der Waals surface area (Å²) in [6, 6.07) is 13.0. The van der Waals surface area contributed by atoms with Crippen molar-refractivity contribution in [1.29, 1.82) is 0 Å². The fourth-order valence-electron chi connectivity index (χ4n) is 4.68. The second-order valence-corrected chi connectivity index (χ2v) is 12.7. The van der Waals surface area contributed by atoms with Crippen LogP contribution in [0.15, 0.2) is 36.4 Å². The van der Waals surface area contributed by atoms with Gasteiger partial charge in [0.1, 0.15) is 5.60 Å².